The lowest BCUT2D eigenvalue weighted by molar-refractivity contribution is -0.140. The zero-order valence-electron chi connectivity index (χ0n) is 11.8. The molecule has 1 atom stereocenters. The highest BCUT2D eigenvalue weighted by Gasteiger charge is 2.23. The number of allylic oxidation sites excluding steroid dienone is 4. The second-order valence-corrected chi connectivity index (χ2v) is 4.90. The van der Waals surface area contributed by atoms with Crippen molar-refractivity contribution in [1.82, 2.24) is 0 Å². The van der Waals surface area contributed by atoms with E-state index in [9.17, 15) is 14.7 Å². The average Bonchev–Trinajstić information content (AvgIpc) is 2.50. The Morgan fingerprint density at radius 1 is 1.29 bits per heavy atom. The Kier molecular flexibility index (Phi) is 6.63. The maximum Gasteiger partial charge on any atom is 0.311 e. The fraction of sp³-hybridized carbons (Fsp3) is 0.176. The minimum Gasteiger partial charge on any atom is -0.481 e. The molecule has 1 aromatic carbocycles. The van der Waals surface area contributed by atoms with Gasteiger partial charge in [-0.1, -0.05) is 60.7 Å². The van der Waals surface area contributed by atoms with Crippen LogP contribution in [0.15, 0.2) is 65.7 Å². The molecule has 0 unspecified atom stereocenters. The predicted molar refractivity (Wildman–Crippen MR) is 84.4 cm³/mol. The molecule has 0 bridgehead atoms. The summed E-state index contributed by atoms with van der Waals surface area (Å²) in [5.74, 6) is -2.27. The Morgan fingerprint density at radius 2 is 1.90 bits per heavy atom. The minimum absolute atomic E-state index is 0.129. The highest BCUT2D eigenvalue weighted by atomic mass is 35.5. The van der Waals surface area contributed by atoms with Crippen LogP contribution >= 0.6 is 11.6 Å². The number of carboxylic acid groups (broad SMARTS) is 1. The molecular formula is C17H17ClO3. The smallest absolute Gasteiger partial charge is 0.311 e. The molecule has 0 saturated carbocycles. The summed E-state index contributed by atoms with van der Waals surface area (Å²) in [5, 5.41) is 9.75. The molecule has 0 spiro atoms. The zero-order chi connectivity index (χ0) is 15.8. The fourth-order valence-electron chi connectivity index (χ4n) is 1.70. The van der Waals surface area contributed by atoms with Gasteiger partial charge in [0.05, 0.1) is 5.92 Å². The molecule has 21 heavy (non-hydrogen) atoms. The Balaban J connectivity index is 2.84. The van der Waals surface area contributed by atoms with Crippen LogP contribution in [0.2, 0.25) is 0 Å². The van der Waals surface area contributed by atoms with Gasteiger partial charge in [-0.3, -0.25) is 9.59 Å². The molecule has 0 aliphatic rings. The summed E-state index contributed by atoms with van der Waals surface area (Å²) in [5.41, 5.74) is 0.832. The lowest BCUT2D eigenvalue weighted by Crippen LogP contribution is -2.19. The number of ketones is 1. The van der Waals surface area contributed by atoms with Crippen molar-refractivity contribution in [2.45, 2.75) is 13.3 Å². The molecule has 1 aromatic rings. The van der Waals surface area contributed by atoms with Crippen molar-refractivity contribution in [2.75, 3.05) is 0 Å². The third-order valence-corrected chi connectivity index (χ3v) is 3.31. The van der Waals surface area contributed by atoms with Gasteiger partial charge in [-0.15, -0.1) is 0 Å². The van der Waals surface area contributed by atoms with Crippen LogP contribution in [-0.2, 0) is 4.79 Å². The van der Waals surface area contributed by atoms with Gasteiger partial charge in [0.25, 0.3) is 0 Å². The first-order valence-electron chi connectivity index (χ1n) is 6.45. The third kappa shape index (κ3) is 5.40. The van der Waals surface area contributed by atoms with Crippen molar-refractivity contribution in [3.8, 4) is 0 Å². The van der Waals surface area contributed by atoms with Gasteiger partial charge in [-0.2, -0.15) is 0 Å². The summed E-state index contributed by atoms with van der Waals surface area (Å²) in [6.45, 7) is 5.49. The normalized spacial score (nSPS) is 13.1. The van der Waals surface area contributed by atoms with Crippen molar-refractivity contribution < 1.29 is 14.7 Å². The molecular weight excluding hydrogens is 288 g/mol. The SMILES string of the molecule is C=C(/C=C\C(Cl)=C/C)[C@@H](CC(=O)c1ccccc1)C(=O)O. The van der Waals surface area contributed by atoms with Gasteiger partial charge in [0, 0.05) is 17.0 Å². The monoisotopic (exact) mass is 304 g/mol. The van der Waals surface area contributed by atoms with Gasteiger partial charge < -0.3 is 5.11 Å². The highest BCUT2D eigenvalue weighted by molar-refractivity contribution is 6.31. The van der Waals surface area contributed by atoms with E-state index in [1.807, 2.05) is 0 Å². The fourth-order valence-corrected chi connectivity index (χ4v) is 1.77. The number of hydrogen-bond acceptors (Lipinski definition) is 2. The first kappa shape index (κ1) is 16.9. The molecule has 4 heteroatoms. The van der Waals surface area contributed by atoms with E-state index >= 15 is 0 Å². The van der Waals surface area contributed by atoms with E-state index < -0.39 is 11.9 Å². The number of Topliss-reactive ketones (excluding diaryl/α,β-unsaturated/α-hetero) is 1. The molecule has 0 fully saturated rings. The van der Waals surface area contributed by atoms with Crippen molar-refractivity contribution in [3.05, 3.63) is 71.3 Å². The molecule has 0 aromatic heterocycles. The maximum atomic E-state index is 12.1. The van der Waals surface area contributed by atoms with E-state index in [4.69, 9.17) is 11.6 Å². The number of hydrogen-bond donors (Lipinski definition) is 1. The third-order valence-electron chi connectivity index (χ3n) is 2.96. The maximum absolute atomic E-state index is 12.1. The van der Waals surface area contributed by atoms with E-state index in [2.05, 4.69) is 6.58 Å². The number of carbonyl (C=O) groups is 2. The van der Waals surface area contributed by atoms with Crippen molar-refractivity contribution in [2.24, 2.45) is 5.92 Å². The molecule has 3 nitrogen and oxygen atoms in total. The van der Waals surface area contributed by atoms with E-state index in [0.29, 0.717) is 16.2 Å². The summed E-state index contributed by atoms with van der Waals surface area (Å²) in [6, 6.07) is 8.60. The second-order valence-electron chi connectivity index (χ2n) is 4.47. The van der Waals surface area contributed by atoms with Crippen LogP contribution in [0, 0.1) is 5.92 Å². The summed E-state index contributed by atoms with van der Waals surface area (Å²) in [6.07, 6.45) is 4.64. The van der Waals surface area contributed by atoms with Crippen LogP contribution in [0.1, 0.15) is 23.7 Å². The number of carbonyl (C=O) groups excluding carboxylic acids is 1. The molecule has 0 saturated heterocycles. The Labute approximate surface area is 129 Å². The predicted octanol–water partition coefficient (Wildman–Crippen LogP) is 4.22. The molecule has 0 heterocycles. The Hall–Kier alpha value is -2.13. The van der Waals surface area contributed by atoms with Crippen LogP contribution in [-0.4, -0.2) is 16.9 Å². The highest BCUT2D eigenvalue weighted by Crippen LogP contribution is 2.19. The standard InChI is InChI=1S/C17H17ClO3/c1-3-14(18)10-9-12(2)15(17(20)21)11-16(19)13-7-5-4-6-8-13/h3-10,15H,2,11H2,1H3,(H,20,21)/b10-9-,14-3+/t15-/m1/s1. The van der Waals surface area contributed by atoms with Crippen LogP contribution in [0.3, 0.4) is 0 Å². The largest absolute Gasteiger partial charge is 0.481 e. The van der Waals surface area contributed by atoms with Gasteiger partial charge >= 0.3 is 5.97 Å². The molecule has 110 valence electrons. The summed E-state index contributed by atoms with van der Waals surface area (Å²) < 4.78 is 0. The van der Waals surface area contributed by atoms with E-state index in [1.165, 1.54) is 6.08 Å². The zero-order valence-corrected chi connectivity index (χ0v) is 12.5. The van der Waals surface area contributed by atoms with E-state index in [-0.39, 0.29) is 12.2 Å². The van der Waals surface area contributed by atoms with Gasteiger partial charge in [0.2, 0.25) is 0 Å². The molecule has 0 radical (unpaired) electrons. The summed E-state index contributed by atoms with van der Waals surface area (Å²) in [4.78, 5) is 23.4. The van der Waals surface area contributed by atoms with Crippen molar-refractivity contribution in [3.63, 3.8) is 0 Å². The number of halogens is 1. The molecule has 0 aliphatic heterocycles. The number of benzene rings is 1. The van der Waals surface area contributed by atoms with Gasteiger partial charge in [0.1, 0.15) is 0 Å². The van der Waals surface area contributed by atoms with Gasteiger partial charge in [-0.25, -0.2) is 0 Å². The molecule has 0 amide bonds. The average molecular weight is 305 g/mol. The Morgan fingerprint density at radius 3 is 2.43 bits per heavy atom. The van der Waals surface area contributed by atoms with Gasteiger partial charge in [0.15, 0.2) is 5.78 Å². The first-order chi connectivity index (χ1) is 9.95. The van der Waals surface area contributed by atoms with Crippen LogP contribution < -0.4 is 0 Å². The minimum atomic E-state index is -1.08. The van der Waals surface area contributed by atoms with Crippen molar-refractivity contribution >= 4 is 23.4 Å². The van der Waals surface area contributed by atoms with E-state index in [0.717, 1.165) is 0 Å². The first-order valence-corrected chi connectivity index (χ1v) is 6.83. The van der Waals surface area contributed by atoms with Crippen molar-refractivity contribution in [1.29, 1.82) is 0 Å². The van der Waals surface area contributed by atoms with Crippen LogP contribution in [0.25, 0.3) is 0 Å². The summed E-state index contributed by atoms with van der Waals surface area (Å²) >= 11 is 5.81. The lowest BCUT2D eigenvalue weighted by Gasteiger charge is -2.12. The number of aliphatic carboxylic acids is 1. The number of carboxylic acids is 1. The van der Waals surface area contributed by atoms with Gasteiger partial charge in [-0.05, 0) is 18.6 Å². The van der Waals surface area contributed by atoms with Crippen LogP contribution in [0.5, 0.6) is 0 Å². The molecule has 1 rings (SSSR count). The molecule has 1 N–H and O–H groups in total. The lowest BCUT2D eigenvalue weighted by atomic mass is 9.92. The van der Waals surface area contributed by atoms with E-state index in [1.54, 1.807) is 49.4 Å². The topological polar surface area (TPSA) is 54.4 Å². The quantitative estimate of drug-likeness (QED) is 0.606. The molecule has 0 aliphatic carbocycles. The Bertz CT molecular complexity index is 585. The summed E-state index contributed by atoms with van der Waals surface area (Å²) in [7, 11) is 0. The number of rotatable bonds is 7. The second kappa shape index (κ2) is 8.22. The van der Waals surface area contributed by atoms with Crippen LogP contribution in [0.4, 0.5) is 0 Å².